The van der Waals surface area contributed by atoms with E-state index < -0.39 is 5.92 Å². The average Bonchev–Trinajstić information content (AvgIpc) is 2.87. The summed E-state index contributed by atoms with van der Waals surface area (Å²) in [6.07, 6.45) is 0.994. The molecule has 0 bridgehead atoms. The van der Waals surface area contributed by atoms with Crippen LogP contribution in [0.15, 0.2) is 30.3 Å². The molecule has 2 atom stereocenters. The minimum atomic E-state index is -0.524. The molecule has 2 unspecified atom stereocenters. The molecule has 1 heterocycles. The fourth-order valence-corrected chi connectivity index (χ4v) is 2.29. The molecule has 1 saturated heterocycles. The number of amides is 1. The smallest absolute Gasteiger partial charge is 0.239 e. The molecule has 3 nitrogen and oxygen atoms in total. The van der Waals surface area contributed by atoms with E-state index in [2.05, 4.69) is 12.1 Å². The maximum Gasteiger partial charge on any atom is 0.239 e. The highest BCUT2D eigenvalue weighted by atomic mass is 16.2. The number of benzene rings is 1. The van der Waals surface area contributed by atoms with Gasteiger partial charge in [0.25, 0.3) is 0 Å². The van der Waals surface area contributed by atoms with Crippen LogP contribution in [0.25, 0.3) is 0 Å². The Labute approximate surface area is 102 Å². The summed E-state index contributed by atoms with van der Waals surface area (Å²) in [5, 5.41) is 8.75. The SMILES string of the molecule is CC(C#N)C(=O)N1CCC(c2ccccc2)C1. The summed E-state index contributed by atoms with van der Waals surface area (Å²) < 4.78 is 0. The summed E-state index contributed by atoms with van der Waals surface area (Å²) in [5.41, 5.74) is 1.28. The monoisotopic (exact) mass is 228 g/mol. The lowest BCUT2D eigenvalue weighted by molar-refractivity contribution is -0.132. The molecule has 17 heavy (non-hydrogen) atoms. The van der Waals surface area contributed by atoms with Crippen LogP contribution in [0.5, 0.6) is 0 Å². The molecule has 0 spiro atoms. The average molecular weight is 228 g/mol. The zero-order valence-corrected chi connectivity index (χ0v) is 9.97. The van der Waals surface area contributed by atoms with Gasteiger partial charge in [0.05, 0.1) is 6.07 Å². The standard InChI is InChI=1S/C14H16N2O/c1-11(9-15)14(17)16-8-7-13(10-16)12-5-3-2-4-6-12/h2-6,11,13H,7-8,10H2,1H3. The highest BCUT2D eigenvalue weighted by molar-refractivity contribution is 5.81. The van der Waals surface area contributed by atoms with E-state index in [-0.39, 0.29) is 5.91 Å². The van der Waals surface area contributed by atoms with E-state index in [1.54, 1.807) is 6.92 Å². The molecule has 1 aliphatic rings. The zero-order chi connectivity index (χ0) is 12.3. The number of rotatable bonds is 2. The van der Waals surface area contributed by atoms with Gasteiger partial charge >= 0.3 is 0 Å². The van der Waals surface area contributed by atoms with Crippen molar-refractivity contribution in [1.82, 2.24) is 4.90 Å². The number of hydrogen-bond acceptors (Lipinski definition) is 2. The second-order valence-electron chi connectivity index (χ2n) is 4.53. The molecule has 0 aromatic heterocycles. The third-order valence-electron chi connectivity index (χ3n) is 3.33. The van der Waals surface area contributed by atoms with Gasteiger partial charge in [-0.15, -0.1) is 0 Å². The van der Waals surface area contributed by atoms with Crippen LogP contribution in [0.2, 0.25) is 0 Å². The van der Waals surface area contributed by atoms with E-state index in [4.69, 9.17) is 5.26 Å². The Balaban J connectivity index is 2.01. The molecule has 3 heteroatoms. The lowest BCUT2D eigenvalue weighted by Gasteiger charge is -2.17. The molecule has 1 aromatic carbocycles. The van der Waals surface area contributed by atoms with Crippen molar-refractivity contribution < 1.29 is 4.79 Å². The Morgan fingerprint density at radius 2 is 2.18 bits per heavy atom. The van der Waals surface area contributed by atoms with E-state index in [0.29, 0.717) is 5.92 Å². The van der Waals surface area contributed by atoms with Gasteiger partial charge in [-0.3, -0.25) is 4.79 Å². The van der Waals surface area contributed by atoms with E-state index in [9.17, 15) is 4.79 Å². The number of likely N-dealkylation sites (tertiary alicyclic amines) is 1. The minimum absolute atomic E-state index is 0.0362. The summed E-state index contributed by atoms with van der Waals surface area (Å²) in [6.45, 7) is 3.18. The maximum atomic E-state index is 11.9. The van der Waals surface area contributed by atoms with Crippen LogP contribution in [0, 0.1) is 17.2 Å². The summed E-state index contributed by atoms with van der Waals surface area (Å²) in [4.78, 5) is 13.7. The number of nitrogens with zero attached hydrogens (tertiary/aromatic N) is 2. The molecular weight excluding hydrogens is 212 g/mol. The normalized spacial score (nSPS) is 20.9. The lowest BCUT2D eigenvalue weighted by atomic mass is 9.99. The van der Waals surface area contributed by atoms with E-state index >= 15 is 0 Å². The number of nitriles is 1. The van der Waals surface area contributed by atoms with Crippen molar-refractivity contribution in [2.45, 2.75) is 19.3 Å². The molecule has 2 rings (SSSR count). The van der Waals surface area contributed by atoms with Gasteiger partial charge in [0.1, 0.15) is 5.92 Å². The first-order valence-corrected chi connectivity index (χ1v) is 5.95. The van der Waals surface area contributed by atoms with E-state index in [1.165, 1.54) is 5.56 Å². The van der Waals surface area contributed by atoms with Crippen LogP contribution in [0.1, 0.15) is 24.8 Å². The lowest BCUT2D eigenvalue weighted by Crippen LogP contribution is -2.32. The van der Waals surface area contributed by atoms with E-state index in [0.717, 1.165) is 19.5 Å². The summed E-state index contributed by atoms with van der Waals surface area (Å²) in [5.74, 6) is -0.138. The minimum Gasteiger partial charge on any atom is -0.341 e. The first-order chi connectivity index (χ1) is 8.22. The van der Waals surface area contributed by atoms with Gasteiger partial charge in [-0.25, -0.2) is 0 Å². The van der Waals surface area contributed by atoms with E-state index in [1.807, 2.05) is 29.2 Å². The van der Waals surface area contributed by atoms with Crippen molar-refractivity contribution in [3.05, 3.63) is 35.9 Å². The first-order valence-electron chi connectivity index (χ1n) is 5.95. The van der Waals surface area contributed by atoms with Gasteiger partial charge in [0, 0.05) is 19.0 Å². The Morgan fingerprint density at radius 3 is 2.82 bits per heavy atom. The highest BCUT2D eigenvalue weighted by Gasteiger charge is 2.29. The van der Waals surface area contributed by atoms with Crippen LogP contribution in [-0.2, 0) is 4.79 Å². The third kappa shape index (κ3) is 2.47. The molecule has 0 N–H and O–H groups in total. The van der Waals surface area contributed by atoms with Crippen molar-refractivity contribution in [1.29, 1.82) is 5.26 Å². The molecule has 0 aliphatic carbocycles. The quantitative estimate of drug-likeness (QED) is 0.778. The largest absolute Gasteiger partial charge is 0.341 e. The molecule has 1 aliphatic heterocycles. The number of carbonyl (C=O) groups is 1. The van der Waals surface area contributed by atoms with Crippen molar-refractivity contribution in [2.75, 3.05) is 13.1 Å². The first kappa shape index (κ1) is 11.7. The van der Waals surface area contributed by atoms with Crippen LogP contribution in [0.4, 0.5) is 0 Å². The molecule has 0 radical (unpaired) electrons. The number of hydrogen-bond donors (Lipinski definition) is 0. The molecule has 88 valence electrons. The summed E-state index contributed by atoms with van der Waals surface area (Å²) >= 11 is 0. The van der Waals surface area contributed by atoms with Gasteiger partial charge in [-0.05, 0) is 18.9 Å². The molecule has 1 aromatic rings. The second kappa shape index (κ2) is 5.01. The van der Waals surface area contributed by atoms with Crippen molar-refractivity contribution >= 4 is 5.91 Å². The van der Waals surface area contributed by atoms with Gasteiger partial charge in [-0.2, -0.15) is 5.26 Å². The van der Waals surface area contributed by atoms with Crippen LogP contribution in [0.3, 0.4) is 0 Å². The van der Waals surface area contributed by atoms with Crippen LogP contribution < -0.4 is 0 Å². The zero-order valence-electron chi connectivity index (χ0n) is 9.97. The van der Waals surface area contributed by atoms with Gasteiger partial charge in [0.15, 0.2) is 0 Å². The molecule has 1 fully saturated rings. The fraction of sp³-hybridized carbons (Fsp3) is 0.429. The van der Waals surface area contributed by atoms with Crippen molar-refractivity contribution in [3.8, 4) is 6.07 Å². The number of carbonyl (C=O) groups excluding carboxylic acids is 1. The summed E-state index contributed by atoms with van der Waals surface area (Å²) in [7, 11) is 0. The Kier molecular flexibility index (Phi) is 3.43. The van der Waals surface area contributed by atoms with Crippen molar-refractivity contribution in [2.24, 2.45) is 5.92 Å². The highest BCUT2D eigenvalue weighted by Crippen LogP contribution is 2.27. The maximum absolute atomic E-state index is 11.9. The van der Waals surface area contributed by atoms with Gasteiger partial charge < -0.3 is 4.90 Å². The topological polar surface area (TPSA) is 44.1 Å². The Morgan fingerprint density at radius 1 is 1.47 bits per heavy atom. The predicted molar refractivity (Wildman–Crippen MR) is 65.2 cm³/mol. The van der Waals surface area contributed by atoms with Crippen LogP contribution >= 0.6 is 0 Å². The van der Waals surface area contributed by atoms with Crippen LogP contribution in [-0.4, -0.2) is 23.9 Å². The second-order valence-corrected chi connectivity index (χ2v) is 4.53. The molecule has 0 saturated carbocycles. The fourth-order valence-electron chi connectivity index (χ4n) is 2.29. The van der Waals surface area contributed by atoms with Gasteiger partial charge in [-0.1, -0.05) is 30.3 Å². The Bertz CT molecular complexity index is 435. The Hall–Kier alpha value is -1.82. The predicted octanol–water partition coefficient (Wildman–Crippen LogP) is 2.16. The summed E-state index contributed by atoms with van der Waals surface area (Å²) in [6, 6.07) is 12.3. The van der Waals surface area contributed by atoms with Crippen molar-refractivity contribution in [3.63, 3.8) is 0 Å². The third-order valence-corrected chi connectivity index (χ3v) is 3.33. The van der Waals surface area contributed by atoms with Gasteiger partial charge in [0.2, 0.25) is 5.91 Å². The molecule has 1 amide bonds. The molecular formula is C14H16N2O.